The quantitative estimate of drug-likeness (QED) is 0.795. The summed E-state index contributed by atoms with van der Waals surface area (Å²) >= 11 is 0. The molecule has 0 unspecified atom stereocenters. The molecule has 0 spiro atoms. The van der Waals surface area contributed by atoms with Crippen molar-refractivity contribution in [1.29, 1.82) is 0 Å². The number of pyridine rings is 1. The number of hydrogen-bond donors (Lipinski definition) is 2. The van der Waals surface area contributed by atoms with Gasteiger partial charge in [-0.05, 0) is 49.1 Å². The van der Waals surface area contributed by atoms with Crippen molar-refractivity contribution >= 4 is 0 Å². The zero-order chi connectivity index (χ0) is 11.0. The lowest BCUT2D eigenvalue weighted by molar-refractivity contribution is 0.402. The highest BCUT2D eigenvalue weighted by Gasteiger charge is 2.53. The summed E-state index contributed by atoms with van der Waals surface area (Å²) in [5.41, 5.74) is 1.65. The van der Waals surface area contributed by atoms with E-state index in [2.05, 4.69) is 10.3 Å². The minimum absolute atomic E-state index is 0.236. The minimum Gasteiger partial charge on any atom is -0.506 e. The molecule has 0 bridgehead atoms. The predicted octanol–water partition coefficient (Wildman–Crippen LogP) is 2.07. The number of nitrogens with one attached hydrogen (secondary N) is 1. The minimum atomic E-state index is 0.236. The second kappa shape index (κ2) is 3.74. The van der Waals surface area contributed by atoms with Gasteiger partial charge in [-0.3, -0.25) is 4.98 Å². The molecule has 2 aliphatic rings. The molecule has 1 aromatic rings. The highest BCUT2D eigenvalue weighted by Crippen LogP contribution is 2.60. The number of aromatic nitrogens is 1. The average molecular weight is 218 g/mol. The summed E-state index contributed by atoms with van der Waals surface area (Å²) in [6.07, 6.45) is 7.21. The van der Waals surface area contributed by atoms with Crippen LogP contribution in [0, 0.1) is 11.3 Å². The van der Waals surface area contributed by atoms with Crippen molar-refractivity contribution < 1.29 is 5.11 Å². The van der Waals surface area contributed by atoms with E-state index in [0.29, 0.717) is 5.41 Å². The summed E-state index contributed by atoms with van der Waals surface area (Å²) in [5.74, 6) is 1.24. The van der Waals surface area contributed by atoms with E-state index in [1.54, 1.807) is 6.07 Å². The Balaban J connectivity index is 1.48. The second-order valence-electron chi connectivity index (χ2n) is 5.25. The summed E-state index contributed by atoms with van der Waals surface area (Å²) < 4.78 is 0. The van der Waals surface area contributed by atoms with E-state index in [0.717, 1.165) is 24.7 Å². The number of rotatable bonds is 5. The lowest BCUT2D eigenvalue weighted by Crippen LogP contribution is -2.25. The third-order valence-electron chi connectivity index (χ3n) is 3.93. The maximum atomic E-state index is 9.12. The highest BCUT2D eigenvalue weighted by molar-refractivity contribution is 5.17. The number of aromatic hydroxyl groups is 1. The Hall–Kier alpha value is -1.09. The molecule has 3 rings (SSSR count). The molecule has 3 heteroatoms. The van der Waals surface area contributed by atoms with E-state index in [9.17, 15) is 0 Å². The maximum absolute atomic E-state index is 9.12. The fourth-order valence-corrected chi connectivity index (χ4v) is 2.55. The van der Waals surface area contributed by atoms with Crippen LogP contribution < -0.4 is 5.32 Å². The first-order valence-electron chi connectivity index (χ1n) is 6.13. The summed E-state index contributed by atoms with van der Waals surface area (Å²) in [6.45, 7) is 1.95. The maximum Gasteiger partial charge on any atom is 0.133 e. The van der Waals surface area contributed by atoms with Gasteiger partial charge in [0.1, 0.15) is 5.75 Å². The molecule has 2 N–H and O–H groups in total. The normalized spacial score (nSPS) is 22.0. The lowest BCUT2D eigenvalue weighted by atomic mass is 10.0. The van der Waals surface area contributed by atoms with Crippen molar-refractivity contribution in [2.75, 3.05) is 6.54 Å². The molecule has 0 saturated heterocycles. The molecular formula is C13H18N2O. The Kier molecular flexibility index (Phi) is 2.36. The first kappa shape index (κ1) is 10.1. The van der Waals surface area contributed by atoms with E-state index >= 15 is 0 Å². The molecule has 16 heavy (non-hydrogen) atoms. The largest absolute Gasteiger partial charge is 0.506 e. The first-order valence-corrected chi connectivity index (χ1v) is 6.13. The molecular weight excluding hydrogens is 200 g/mol. The zero-order valence-corrected chi connectivity index (χ0v) is 9.45. The molecule has 86 valence electrons. The molecule has 2 aliphatic carbocycles. The van der Waals surface area contributed by atoms with E-state index in [1.807, 2.05) is 6.07 Å². The smallest absolute Gasteiger partial charge is 0.133 e. The van der Waals surface area contributed by atoms with Crippen molar-refractivity contribution in [3.8, 4) is 5.75 Å². The van der Waals surface area contributed by atoms with E-state index in [4.69, 9.17) is 5.11 Å². The van der Waals surface area contributed by atoms with Crippen LogP contribution in [-0.2, 0) is 6.54 Å². The molecule has 0 atom stereocenters. The summed E-state index contributed by atoms with van der Waals surface area (Å²) in [7, 11) is 0. The molecule has 0 aromatic carbocycles. The Morgan fingerprint density at radius 1 is 1.38 bits per heavy atom. The molecule has 0 radical (unpaired) electrons. The van der Waals surface area contributed by atoms with Crippen LogP contribution in [0.5, 0.6) is 5.75 Å². The van der Waals surface area contributed by atoms with Gasteiger partial charge in [-0.15, -0.1) is 0 Å². The van der Waals surface area contributed by atoms with Gasteiger partial charge in [-0.1, -0.05) is 0 Å². The number of nitrogens with zero attached hydrogens (tertiary/aromatic N) is 1. The summed E-state index contributed by atoms with van der Waals surface area (Å²) in [6, 6.07) is 3.57. The van der Waals surface area contributed by atoms with Crippen LogP contribution in [0.15, 0.2) is 18.3 Å². The molecule has 0 amide bonds. The van der Waals surface area contributed by atoms with Crippen LogP contribution >= 0.6 is 0 Å². The Bertz CT molecular complexity index is 366. The lowest BCUT2D eigenvalue weighted by Gasteiger charge is -2.14. The van der Waals surface area contributed by atoms with Gasteiger partial charge in [0.2, 0.25) is 0 Å². The Labute approximate surface area is 95.9 Å². The van der Waals surface area contributed by atoms with Gasteiger partial charge in [-0.25, -0.2) is 0 Å². The molecule has 2 saturated carbocycles. The van der Waals surface area contributed by atoms with Gasteiger partial charge in [-0.2, -0.15) is 0 Å². The van der Waals surface area contributed by atoms with Gasteiger partial charge in [0.25, 0.3) is 0 Å². The summed E-state index contributed by atoms with van der Waals surface area (Å²) in [4.78, 5) is 4.17. The van der Waals surface area contributed by atoms with Crippen LogP contribution in [0.1, 0.15) is 31.4 Å². The fourth-order valence-electron chi connectivity index (χ4n) is 2.55. The van der Waals surface area contributed by atoms with Crippen LogP contribution in [0.2, 0.25) is 0 Å². The molecule has 3 nitrogen and oxygen atoms in total. The zero-order valence-electron chi connectivity index (χ0n) is 9.45. The van der Waals surface area contributed by atoms with Gasteiger partial charge in [0, 0.05) is 13.1 Å². The third kappa shape index (κ3) is 2.05. The average Bonchev–Trinajstić information content (AvgIpc) is 3.15. The first-order chi connectivity index (χ1) is 7.78. The van der Waals surface area contributed by atoms with Gasteiger partial charge < -0.3 is 10.4 Å². The van der Waals surface area contributed by atoms with Gasteiger partial charge >= 0.3 is 0 Å². The van der Waals surface area contributed by atoms with E-state index < -0.39 is 0 Å². The van der Waals surface area contributed by atoms with Crippen molar-refractivity contribution in [1.82, 2.24) is 10.3 Å². The van der Waals surface area contributed by atoms with Crippen molar-refractivity contribution in [3.05, 3.63) is 24.0 Å². The van der Waals surface area contributed by atoms with Crippen molar-refractivity contribution in [2.45, 2.75) is 32.2 Å². The fraction of sp³-hybridized carbons (Fsp3) is 0.615. The van der Waals surface area contributed by atoms with Gasteiger partial charge in [0.05, 0.1) is 11.9 Å². The van der Waals surface area contributed by atoms with Crippen molar-refractivity contribution in [3.63, 3.8) is 0 Å². The molecule has 2 fully saturated rings. The standard InChI is InChI=1S/C13H18N2O/c16-12-4-3-11(15-8-12)7-14-9-13(5-6-13)10-1-2-10/h3-4,8,10,14,16H,1-2,5-7,9H2. The van der Waals surface area contributed by atoms with Crippen LogP contribution in [0.4, 0.5) is 0 Å². The number of hydrogen-bond acceptors (Lipinski definition) is 3. The molecule has 1 heterocycles. The van der Waals surface area contributed by atoms with Crippen molar-refractivity contribution in [2.24, 2.45) is 11.3 Å². The van der Waals surface area contributed by atoms with E-state index in [1.165, 1.54) is 31.9 Å². The SMILES string of the molecule is Oc1ccc(CNCC2(C3CC3)CC2)nc1. The molecule has 1 aromatic heterocycles. The van der Waals surface area contributed by atoms with Crippen LogP contribution in [-0.4, -0.2) is 16.6 Å². The van der Waals surface area contributed by atoms with Crippen LogP contribution in [0.25, 0.3) is 0 Å². The van der Waals surface area contributed by atoms with E-state index in [-0.39, 0.29) is 5.75 Å². The highest BCUT2D eigenvalue weighted by atomic mass is 16.3. The monoisotopic (exact) mass is 218 g/mol. The Morgan fingerprint density at radius 3 is 2.75 bits per heavy atom. The van der Waals surface area contributed by atoms with Gasteiger partial charge in [0.15, 0.2) is 0 Å². The predicted molar refractivity (Wildman–Crippen MR) is 62.0 cm³/mol. The Morgan fingerprint density at radius 2 is 2.19 bits per heavy atom. The van der Waals surface area contributed by atoms with Crippen LogP contribution in [0.3, 0.4) is 0 Å². The molecule has 0 aliphatic heterocycles. The topological polar surface area (TPSA) is 45.1 Å². The third-order valence-corrected chi connectivity index (χ3v) is 3.93. The summed E-state index contributed by atoms with van der Waals surface area (Å²) in [5, 5.41) is 12.6. The second-order valence-corrected chi connectivity index (χ2v) is 5.25.